The van der Waals surface area contributed by atoms with Gasteiger partial charge in [-0.15, -0.1) is 0 Å². The van der Waals surface area contributed by atoms with Crippen LogP contribution >= 0.6 is 0 Å². The highest BCUT2D eigenvalue weighted by atomic mass is 19.4. The highest BCUT2D eigenvalue weighted by Crippen LogP contribution is 2.48. The average molecular weight is 551 g/mol. The molecule has 0 N–H and O–H groups in total. The number of piperidine rings is 1. The molecule has 2 amide bonds. The van der Waals surface area contributed by atoms with E-state index in [4.69, 9.17) is 4.74 Å². The Balaban J connectivity index is 1.35. The lowest BCUT2D eigenvalue weighted by Gasteiger charge is -2.40. The van der Waals surface area contributed by atoms with E-state index in [2.05, 4.69) is 0 Å². The zero-order valence-electron chi connectivity index (χ0n) is 22.3. The van der Waals surface area contributed by atoms with Crippen molar-refractivity contribution in [2.45, 2.75) is 38.3 Å². The summed E-state index contributed by atoms with van der Waals surface area (Å²) in [5, 5.41) is 0. The molecule has 1 spiro atoms. The topological polar surface area (TPSA) is 66.9 Å². The van der Waals surface area contributed by atoms with Crippen molar-refractivity contribution in [3.8, 4) is 0 Å². The first kappa shape index (κ1) is 27.4. The van der Waals surface area contributed by atoms with Gasteiger partial charge < -0.3 is 14.5 Å². The number of alkyl halides is 3. The first-order chi connectivity index (χ1) is 19.1. The number of hydrogen-bond acceptors (Lipinski definition) is 4. The molecule has 0 radical (unpaired) electrons. The Bertz CT molecular complexity index is 1460. The van der Waals surface area contributed by atoms with Crippen molar-refractivity contribution in [1.29, 1.82) is 0 Å². The van der Waals surface area contributed by atoms with E-state index in [1.165, 1.54) is 19.1 Å². The molecule has 6 nitrogen and oxygen atoms in total. The maximum atomic E-state index is 13.7. The molecule has 3 aromatic carbocycles. The van der Waals surface area contributed by atoms with E-state index in [1.807, 2.05) is 24.3 Å². The number of likely N-dealkylation sites (tertiary alicyclic amines) is 1. The summed E-state index contributed by atoms with van der Waals surface area (Å²) in [7, 11) is 0. The summed E-state index contributed by atoms with van der Waals surface area (Å²) < 4.78 is 45.6. The van der Waals surface area contributed by atoms with Crippen molar-refractivity contribution in [3.05, 3.63) is 100 Å². The Morgan fingerprint density at radius 1 is 0.875 bits per heavy atom. The third kappa shape index (κ3) is 4.85. The van der Waals surface area contributed by atoms with Gasteiger partial charge in [0.2, 0.25) is 0 Å². The second kappa shape index (κ2) is 10.4. The maximum Gasteiger partial charge on any atom is 0.416 e. The number of benzene rings is 3. The van der Waals surface area contributed by atoms with Crippen LogP contribution in [0, 0.1) is 6.92 Å². The van der Waals surface area contributed by atoms with Gasteiger partial charge in [-0.2, -0.15) is 13.2 Å². The smallest absolute Gasteiger partial charge is 0.416 e. The number of carbonyl (C=O) groups excluding carboxylic acids is 3. The molecular weight excluding hydrogens is 521 g/mol. The molecule has 0 unspecified atom stereocenters. The number of carbonyl (C=O) groups is 3. The Kier molecular flexibility index (Phi) is 7.16. The highest BCUT2D eigenvalue weighted by Gasteiger charge is 2.47. The Hall–Kier alpha value is -4.14. The number of anilines is 1. The van der Waals surface area contributed by atoms with Crippen LogP contribution in [0.2, 0.25) is 0 Å². The predicted molar refractivity (Wildman–Crippen MR) is 144 cm³/mol. The number of ether oxygens (including phenoxy) is 1. The van der Waals surface area contributed by atoms with E-state index in [0.29, 0.717) is 49.3 Å². The van der Waals surface area contributed by atoms with Crippen LogP contribution in [0.1, 0.15) is 67.5 Å². The second-order valence-electron chi connectivity index (χ2n) is 10.3. The van der Waals surface area contributed by atoms with Crippen LogP contribution in [0.4, 0.5) is 18.9 Å². The molecule has 0 aliphatic carbocycles. The van der Waals surface area contributed by atoms with Crippen LogP contribution in [-0.4, -0.2) is 48.9 Å². The molecule has 2 aliphatic heterocycles. The van der Waals surface area contributed by atoms with Crippen LogP contribution in [0.5, 0.6) is 0 Å². The van der Waals surface area contributed by atoms with Crippen molar-refractivity contribution in [2.75, 3.05) is 31.1 Å². The summed E-state index contributed by atoms with van der Waals surface area (Å²) in [6, 6.07) is 17.6. The lowest BCUT2D eigenvalue weighted by atomic mass is 9.74. The van der Waals surface area contributed by atoms with E-state index >= 15 is 0 Å². The largest absolute Gasteiger partial charge is 0.462 e. The number of nitrogens with zero attached hydrogens (tertiary/aromatic N) is 2. The summed E-state index contributed by atoms with van der Waals surface area (Å²) in [6.07, 6.45) is -3.35. The third-order valence-electron chi connectivity index (χ3n) is 7.99. The van der Waals surface area contributed by atoms with Crippen molar-refractivity contribution in [3.63, 3.8) is 0 Å². The number of rotatable bonds is 4. The minimum Gasteiger partial charge on any atom is -0.462 e. The van der Waals surface area contributed by atoms with Gasteiger partial charge in [0.15, 0.2) is 0 Å². The van der Waals surface area contributed by atoms with Crippen LogP contribution in [0.15, 0.2) is 66.7 Å². The number of halogens is 3. The molecule has 1 saturated heterocycles. The lowest BCUT2D eigenvalue weighted by molar-refractivity contribution is -0.138. The first-order valence-electron chi connectivity index (χ1n) is 13.2. The molecule has 2 aliphatic rings. The summed E-state index contributed by atoms with van der Waals surface area (Å²) in [4.78, 5) is 42.2. The van der Waals surface area contributed by atoms with Gasteiger partial charge in [-0.3, -0.25) is 9.59 Å². The normalized spacial score (nSPS) is 16.1. The average Bonchev–Trinajstić information content (AvgIpc) is 3.26. The standard InChI is InChI=1S/C31H29F3N2O4/c1-3-40-29(39)22-13-11-21(12-14-22)27(37)35-17-15-30(16-18-35)19-36(26-10-5-4-8-25(26)30)28(38)23-7-6-9-24(20(23)2)31(32,33)34/h4-14H,3,15-19H2,1-2H3. The molecule has 5 rings (SSSR count). The fourth-order valence-electron chi connectivity index (χ4n) is 5.84. The molecule has 3 aromatic rings. The first-order valence-corrected chi connectivity index (χ1v) is 13.2. The van der Waals surface area contributed by atoms with Crippen molar-refractivity contribution < 1.29 is 32.3 Å². The molecule has 1 fully saturated rings. The van der Waals surface area contributed by atoms with Gasteiger partial charge in [0.1, 0.15) is 0 Å². The molecule has 0 atom stereocenters. The van der Waals surface area contributed by atoms with Gasteiger partial charge >= 0.3 is 12.1 Å². The van der Waals surface area contributed by atoms with Crippen molar-refractivity contribution in [2.24, 2.45) is 0 Å². The molecule has 0 saturated carbocycles. The molecule has 2 heterocycles. The van der Waals surface area contributed by atoms with Gasteiger partial charge in [0.05, 0.1) is 17.7 Å². The van der Waals surface area contributed by atoms with Gasteiger partial charge in [0, 0.05) is 41.9 Å². The zero-order valence-corrected chi connectivity index (χ0v) is 22.3. The second-order valence-corrected chi connectivity index (χ2v) is 10.3. The summed E-state index contributed by atoms with van der Waals surface area (Å²) >= 11 is 0. The Morgan fingerprint density at radius 3 is 2.17 bits per heavy atom. The Labute approximate surface area is 230 Å². The van der Waals surface area contributed by atoms with Crippen LogP contribution in [-0.2, 0) is 16.3 Å². The van der Waals surface area contributed by atoms with Crippen molar-refractivity contribution in [1.82, 2.24) is 4.90 Å². The minimum absolute atomic E-state index is 0.0283. The summed E-state index contributed by atoms with van der Waals surface area (Å²) in [6.45, 7) is 4.56. The lowest BCUT2D eigenvalue weighted by Crippen LogP contribution is -2.48. The van der Waals surface area contributed by atoms with Crippen LogP contribution < -0.4 is 4.90 Å². The van der Waals surface area contributed by atoms with Gasteiger partial charge in [-0.05, 0) is 80.3 Å². The summed E-state index contributed by atoms with van der Waals surface area (Å²) in [5.41, 5.74) is 1.22. The SMILES string of the molecule is CCOC(=O)c1ccc(C(=O)N2CCC3(CC2)CN(C(=O)c2cccc(C(F)(F)F)c2C)c2ccccc23)cc1. The van der Waals surface area contributed by atoms with Gasteiger partial charge in [0.25, 0.3) is 11.8 Å². The number of para-hydroxylation sites is 1. The van der Waals surface area contributed by atoms with Crippen LogP contribution in [0.3, 0.4) is 0 Å². The number of hydrogen-bond donors (Lipinski definition) is 0. The fourth-order valence-corrected chi connectivity index (χ4v) is 5.84. The predicted octanol–water partition coefficient (Wildman–Crippen LogP) is 6.02. The van der Waals surface area contributed by atoms with E-state index in [0.717, 1.165) is 11.6 Å². The van der Waals surface area contributed by atoms with E-state index in [1.54, 1.807) is 41.0 Å². The number of amides is 2. The molecular formula is C31H29F3N2O4. The Morgan fingerprint density at radius 2 is 1.52 bits per heavy atom. The monoisotopic (exact) mass is 550 g/mol. The van der Waals surface area contributed by atoms with E-state index in [9.17, 15) is 27.6 Å². The number of esters is 1. The quantitative estimate of drug-likeness (QED) is 0.373. The van der Waals surface area contributed by atoms with Gasteiger partial charge in [-0.25, -0.2) is 4.79 Å². The molecule has 40 heavy (non-hydrogen) atoms. The zero-order chi connectivity index (χ0) is 28.7. The minimum atomic E-state index is -4.55. The van der Waals surface area contributed by atoms with E-state index in [-0.39, 0.29) is 23.6 Å². The van der Waals surface area contributed by atoms with Gasteiger partial charge in [-0.1, -0.05) is 24.3 Å². The molecule has 0 bridgehead atoms. The van der Waals surface area contributed by atoms with Crippen LogP contribution in [0.25, 0.3) is 0 Å². The number of fused-ring (bicyclic) bond motifs is 2. The highest BCUT2D eigenvalue weighted by molar-refractivity contribution is 6.09. The fraction of sp³-hybridized carbons (Fsp3) is 0.323. The van der Waals surface area contributed by atoms with E-state index < -0.39 is 29.0 Å². The summed E-state index contributed by atoms with van der Waals surface area (Å²) in [5.74, 6) is -1.06. The third-order valence-corrected chi connectivity index (χ3v) is 7.99. The molecule has 9 heteroatoms. The molecule has 208 valence electrons. The molecule has 0 aromatic heterocycles. The maximum absolute atomic E-state index is 13.7. The van der Waals surface area contributed by atoms with Crippen molar-refractivity contribution >= 4 is 23.5 Å².